The van der Waals surface area contributed by atoms with Crippen LogP contribution >= 0.6 is 0 Å². The first-order valence-electron chi connectivity index (χ1n) is 54.2. The van der Waals surface area contributed by atoms with Crippen molar-refractivity contribution in [2.75, 3.05) is 52.2 Å². The third kappa shape index (κ3) is 311. The van der Waals surface area contributed by atoms with E-state index in [-0.39, 0.29) is 24.2 Å². The summed E-state index contributed by atoms with van der Waals surface area (Å²) in [4.78, 5) is 0. The van der Waals surface area contributed by atoms with Crippen molar-refractivity contribution in [3.05, 3.63) is 0 Å². The Morgan fingerprint density at radius 1 is 0.160 bits per heavy atom. The molecule has 0 aliphatic rings. The second-order valence-corrected chi connectivity index (χ2v) is 44.6. The fourth-order valence-electron chi connectivity index (χ4n) is 4.48. The van der Waals surface area contributed by atoms with Crippen LogP contribution in [0.1, 0.15) is 591 Å². The van der Waals surface area contributed by atoms with Gasteiger partial charge in [-0.05, 0) is 134 Å². The summed E-state index contributed by atoms with van der Waals surface area (Å²) < 4.78 is 69.1. The summed E-state index contributed by atoms with van der Waals surface area (Å²) in [7, 11) is -4.21. The summed E-state index contributed by atoms with van der Waals surface area (Å²) in [6.45, 7) is 117. The monoisotopic (exact) mass is 1840 g/mol. The average Bonchev–Trinajstić information content (AvgIpc) is 0.959. The molecule has 0 spiro atoms. The minimum atomic E-state index is -3.35. The summed E-state index contributed by atoms with van der Waals surface area (Å²) in [5, 5.41) is 0. The van der Waals surface area contributed by atoms with Gasteiger partial charge in [0.15, 0.2) is 0 Å². The second-order valence-electron chi connectivity index (χ2n) is 40.8. The molecule has 0 aromatic rings. The van der Waals surface area contributed by atoms with E-state index in [1.807, 2.05) is 13.8 Å². The molecule has 125 heavy (non-hydrogen) atoms. The minimum Gasteiger partial charge on any atom is -0.379 e. The lowest BCUT2D eigenvalue weighted by Gasteiger charge is -2.10. The number of hydrogen-bond donors (Lipinski definition) is 0. The molecule has 0 fully saturated rings. The summed E-state index contributed by atoms with van der Waals surface area (Å²) in [6, 6.07) is 0. The van der Waals surface area contributed by atoms with Gasteiger partial charge in [0, 0.05) is 6.61 Å². The summed E-state index contributed by atoms with van der Waals surface area (Å²) in [6.07, 6.45) is 46.3. The van der Waals surface area contributed by atoms with Crippen LogP contribution in [0.5, 0.6) is 0 Å². The molecule has 0 N–H and O–H groups in total. The first kappa shape index (κ1) is 168. The molecule has 0 rings (SSSR count). The lowest BCUT2D eigenvalue weighted by molar-refractivity contribution is 0.0103. The Morgan fingerprint density at radius 3 is 0.424 bits per heavy atom. The van der Waals surface area contributed by atoms with Crippen LogP contribution in [0.15, 0.2) is 0 Å². The molecule has 0 amide bonds. The van der Waals surface area contributed by atoms with Crippen LogP contribution in [0.2, 0.25) is 0 Å². The molecule has 11 heteroatoms. The molecule has 0 saturated carbocycles. The second kappa shape index (κ2) is 147. The van der Waals surface area contributed by atoms with Crippen molar-refractivity contribution < 1.29 is 39.4 Å². The van der Waals surface area contributed by atoms with Gasteiger partial charge in [-0.15, -0.1) is 0 Å². The van der Waals surface area contributed by atoms with E-state index in [9.17, 15) is 16.8 Å². The third-order valence-corrected chi connectivity index (χ3v) is 23.5. The molecule has 786 valence electrons. The average molecular weight is 1840 g/mol. The molecule has 2 unspecified atom stereocenters. The van der Waals surface area contributed by atoms with Gasteiger partial charge in [0.25, 0.3) is 20.2 Å². The smallest absolute Gasteiger partial charge is 0.269 e. The summed E-state index contributed by atoms with van der Waals surface area (Å²) in [5.74, 6) is 14.2. The Balaban J connectivity index is -0.0000000654. The van der Waals surface area contributed by atoms with Crippen LogP contribution in [0, 0.1) is 94.7 Å². The van der Waals surface area contributed by atoms with Gasteiger partial charge in [-0.1, -0.05) is 552 Å². The predicted octanol–water partition coefficient (Wildman–Crippen LogP) is 41.4. The largest absolute Gasteiger partial charge is 0.379 e. The van der Waals surface area contributed by atoms with Gasteiger partial charge >= 0.3 is 0 Å². The van der Waals surface area contributed by atoms with Crippen molar-refractivity contribution in [3.8, 4) is 0 Å². The SMILES string of the molecule is CCC(C)C.CCC(C)C.CCC(C)C.CCC(C)C.CCC(C)C.CCC(C)C.CCC(C)C.CCC(C)C.CCC(C)C.CCC(C)C.CCC(C)C.CCC(C)C.CCC(C)C.CCC(C)C.CCC(C)C.CCC(C)C.CCC(C)OCCOCCCCCCCCCCCCCCCCCCCCS(=O)(=O)OC.CCC(C)OCCS(=O)(=O)OC. The number of ether oxygens (including phenoxy) is 3. The maximum atomic E-state index is 11.2. The highest BCUT2D eigenvalue weighted by Gasteiger charge is 2.10. The summed E-state index contributed by atoms with van der Waals surface area (Å²) in [5.41, 5.74) is 0. The molecule has 0 aliphatic heterocycles. The van der Waals surface area contributed by atoms with Crippen molar-refractivity contribution in [1.82, 2.24) is 0 Å². The molecular formula is C114H264O9S2. The fourth-order valence-corrected chi connectivity index (χ4v) is 5.67. The van der Waals surface area contributed by atoms with Gasteiger partial charge in [-0.25, -0.2) is 0 Å². The minimum absolute atomic E-state index is 0.0756. The van der Waals surface area contributed by atoms with Crippen molar-refractivity contribution in [2.45, 2.75) is 603 Å². The quantitative estimate of drug-likeness (QED) is 0.0434. The van der Waals surface area contributed by atoms with Crippen LogP contribution < -0.4 is 0 Å². The Morgan fingerprint density at radius 2 is 0.288 bits per heavy atom. The molecule has 0 heterocycles. The zero-order chi connectivity index (χ0) is 103. The Hall–Kier alpha value is -0.300. The highest BCUT2D eigenvalue weighted by Crippen LogP contribution is 2.16. The zero-order valence-electron chi connectivity index (χ0n) is 98.6. The van der Waals surface area contributed by atoms with E-state index in [0.29, 0.717) is 6.10 Å². The molecular weight excluding hydrogens is 1580 g/mol. The van der Waals surface area contributed by atoms with E-state index in [2.05, 4.69) is 355 Å². The van der Waals surface area contributed by atoms with Crippen molar-refractivity contribution in [2.24, 2.45) is 94.7 Å². The zero-order valence-corrected chi connectivity index (χ0v) is 100. The summed E-state index contributed by atoms with van der Waals surface area (Å²) >= 11 is 0. The van der Waals surface area contributed by atoms with E-state index < -0.39 is 20.2 Å². The van der Waals surface area contributed by atoms with Crippen LogP contribution in [-0.2, 0) is 42.8 Å². The predicted molar refractivity (Wildman–Crippen MR) is 589 cm³/mol. The van der Waals surface area contributed by atoms with Crippen LogP contribution in [0.4, 0.5) is 0 Å². The van der Waals surface area contributed by atoms with Gasteiger partial charge in [-0.2, -0.15) is 16.8 Å². The van der Waals surface area contributed by atoms with Crippen LogP contribution in [-0.4, -0.2) is 81.2 Å². The van der Waals surface area contributed by atoms with Crippen molar-refractivity contribution in [1.29, 1.82) is 0 Å². The molecule has 9 nitrogen and oxygen atoms in total. The molecule has 2 atom stereocenters. The van der Waals surface area contributed by atoms with Crippen LogP contribution in [0.3, 0.4) is 0 Å². The Bertz CT molecular complexity index is 1560. The maximum Gasteiger partial charge on any atom is 0.269 e. The third-order valence-electron chi connectivity index (χ3n) is 21.0. The number of hydrogen-bond acceptors (Lipinski definition) is 9. The van der Waals surface area contributed by atoms with Crippen LogP contribution in [0.25, 0.3) is 0 Å². The highest BCUT2D eigenvalue weighted by atomic mass is 32.2. The first-order valence-corrected chi connectivity index (χ1v) is 57.4. The first-order chi connectivity index (χ1) is 57.9. The lowest BCUT2D eigenvalue weighted by atomic mass is 10.0. The van der Waals surface area contributed by atoms with E-state index >= 15 is 0 Å². The normalized spacial score (nSPS) is 11.0. The Kier molecular flexibility index (Phi) is 197. The molecule has 0 bridgehead atoms. The topological polar surface area (TPSA) is 114 Å². The molecule has 0 aliphatic carbocycles. The fraction of sp³-hybridized carbons (Fsp3) is 1.00. The van der Waals surface area contributed by atoms with E-state index in [1.165, 1.54) is 206 Å². The lowest BCUT2D eigenvalue weighted by Crippen LogP contribution is -2.17. The van der Waals surface area contributed by atoms with Gasteiger partial charge in [0.05, 0.1) is 57.8 Å². The molecule has 0 aromatic heterocycles. The standard InChI is InChI=1S/C27H56O5S.C7H16O4S.16C5H12/c1-4-27(2)32-25-24-31-23-21-19-17-15-13-11-9-7-5-6-8-10-12-14-16-18-20-22-26-33(28,29)30-3;1-4-7(2)11-5-6-12(8,9)10-3;16*1-4-5(2)3/h27H,4-26H2,1-3H3;7H,4-6H2,1-3H3;16*5H,4H2,1-3H3. The Labute approximate surface area is 804 Å². The van der Waals surface area contributed by atoms with Gasteiger partial charge in [-0.3, -0.25) is 8.37 Å². The van der Waals surface area contributed by atoms with Crippen molar-refractivity contribution in [3.63, 3.8) is 0 Å². The van der Waals surface area contributed by atoms with Gasteiger partial charge in [0.1, 0.15) is 0 Å². The van der Waals surface area contributed by atoms with E-state index in [4.69, 9.17) is 14.2 Å². The molecule has 0 saturated heterocycles. The van der Waals surface area contributed by atoms with Gasteiger partial charge in [0.2, 0.25) is 0 Å². The number of rotatable bonds is 49. The number of unbranched alkanes of at least 4 members (excludes halogenated alkanes) is 17. The maximum absolute atomic E-state index is 11.2. The van der Waals surface area contributed by atoms with Gasteiger partial charge < -0.3 is 14.2 Å². The highest BCUT2D eigenvalue weighted by molar-refractivity contribution is 7.86. The molecule has 0 aromatic carbocycles. The molecule has 0 radical (unpaired) electrons. The van der Waals surface area contributed by atoms with E-state index in [1.54, 1.807) is 0 Å². The van der Waals surface area contributed by atoms with Crippen molar-refractivity contribution >= 4 is 20.2 Å². The van der Waals surface area contributed by atoms with E-state index in [0.717, 1.165) is 154 Å².